The second-order valence-corrected chi connectivity index (χ2v) is 3.95. The Morgan fingerprint density at radius 3 is 2.56 bits per heavy atom. The number of hydrogen-bond acceptors (Lipinski definition) is 5. The predicted molar refractivity (Wildman–Crippen MR) is 65.7 cm³/mol. The van der Waals surface area contributed by atoms with Gasteiger partial charge in [-0.3, -0.25) is 0 Å². The fraction of sp³-hybridized carbons (Fsp3) is 0.0909. The van der Waals surface area contributed by atoms with Gasteiger partial charge in [-0.05, 0) is 29.3 Å². The standard InChI is InChI=1S/C11H6Cl2N4O/c12-9-10(15-11(13)17-16-9)18-8-3-1-7(2-4-8)5-6-14/h1-4H,5H2. The zero-order valence-electron chi connectivity index (χ0n) is 8.97. The van der Waals surface area contributed by atoms with Crippen LogP contribution in [0.1, 0.15) is 5.56 Å². The summed E-state index contributed by atoms with van der Waals surface area (Å²) in [5.74, 6) is 0.611. The van der Waals surface area contributed by atoms with Gasteiger partial charge in [-0.15, -0.1) is 10.2 Å². The lowest BCUT2D eigenvalue weighted by Crippen LogP contribution is -1.94. The zero-order chi connectivity index (χ0) is 13.0. The summed E-state index contributed by atoms with van der Waals surface area (Å²) in [5, 5.41) is 15.6. The van der Waals surface area contributed by atoms with Crippen molar-refractivity contribution in [3.63, 3.8) is 0 Å². The average Bonchev–Trinajstić information content (AvgIpc) is 2.37. The maximum absolute atomic E-state index is 8.55. The molecule has 0 fully saturated rings. The van der Waals surface area contributed by atoms with Crippen molar-refractivity contribution >= 4 is 23.2 Å². The molecule has 1 aromatic carbocycles. The molecule has 5 nitrogen and oxygen atoms in total. The average molecular weight is 281 g/mol. The molecule has 0 saturated heterocycles. The molecule has 1 aromatic heterocycles. The topological polar surface area (TPSA) is 71.7 Å². The van der Waals surface area contributed by atoms with Gasteiger partial charge in [0, 0.05) is 0 Å². The SMILES string of the molecule is N#CCc1ccc(Oc2nc(Cl)nnc2Cl)cc1. The van der Waals surface area contributed by atoms with Crippen LogP contribution in [0.4, 0.5) is 0 Å². The van der Waals surface area contributed by atoms with E-state index in [1.807, 2.05) is 0 Å². The summed E-state index contributed by atoms with van der Waals surface area (Å²) in [6.45, 7) is 0. The van der Waals surface area contributed by atoms with Gasteiger partial charge in [0.25, 0.3) is 5.88 Å². The monoisotopic (exact) mass is 280 g/mol. The van der Waals surface area contributed by atoms with Gasteiger partial charge in [0.1, 0.15) is 5.75 Å². The number of hydrogen-bond donors (Lipinski definition) is 0. The molecule has 0 N–H and O–H groups in total. The van der Waals surface area contributed by atoms with Crippen LogP contribution in [0.15, 0.2) is 24.3 Å². The summed E-state index contributed by atoms with van der Waals surface area (Å²) in [5.41, 5.74) is 0.898. The first-order chi connectivity index (χ1) is 8.69. The van der Waals surface area contributed by atoms with E-state index in [1.54, 1.807) is 24.3 Å². The molecule has 18 heavy (non-hydrogen) atoms. The van der Waals surface area contributed by atoms with Crippen molar-refractivity contribution < 1.29 is 4.74 Å². The molecule has 90 valence electrons. The number of aromatic nitrogens is 3. The number of nitrogens with zero attached hydrogens (tertiary/aromatic N) is 4. The Hall–Kier alpha value is -1.90. The van der Waals surface area contributed by atoms with Gasteiger partial charge in [0.2, 0.25) is 10.4 Å². The third kappa shape index (κ3) is 3.06. The van der Waals surface area contributed by atoms with Crippen LogP contribution < -0.4 is 4.74 Å². The zero-order valence-corrected chi connectivity index (χ0v) is 10.5. The molecule has 0 aliphatic rings. The Bertz CT molecular complexity index is 595. The van der Waals surface area contributed by atoms with E-state index in [-0.39, 0.29) is 16.3 Å². The van der Waals surface area contributed by atoms with Crippen LogP contribution >= 0.6 is 23.2 Å². The lowest BCUT2D eigenvalue weighted by molar-refractivity contribution is 0.457. The van der Waals surface area contributed by atoms with E-state index in [4.69, 9.17) is 33.2 Å². The molecular formula is C11H6Cl2N4O. The van der Waals surface area contributed by atoms with Gasteiger partial charge < -0.3 is 4.74 Å². The fourth-order valence-electron chi connectivity index (χ4n) is 1.22. The Balaban J connectivity index is 2.18. The van der Waals surface area contributed by atoms with Crippen molar-refractivity contribution in [1.29, 1.82) is 5.26 Å². The number of nitriles is 1. The van der Waals surface area contributed by atoms with Crippen molar-refractivity contribution in [2.75, 3.05) is 0 Å². The lowest BCUT2D eigenvalue weighted by atomic mass is 10.2. The van der Waals surface area contributed by atoms with Crippen LogP contribution in [-0.4, -0.2) is 15.2 Å². The highest BCUT2D eigenvalue weighted by Gasteiger charge is 2.08. The van der Waals surface area contributed by atoms with Crippen molar-refractivity contribution in [2.45, 2.75) is 6.42 Å². The summed E-state index contributed by atoms with van der Waals surface area (Å²) in [4.78, 5) is 3.81. The number of halogens is 2. The summed E-state index contributed by atoms with van der Waals surface area (Å²) in [7, 11) is 0. The van der Waals surface area contributed by atoms with E-state index >= 15 is 0 Å². The maximum Gasteiger partial charge on any atom is 0.262 e. The predicted octanol–water partition coefficient (Wildman–Crippen LogP) is 3.04. The van der Waals surface area contributed by atoms with Crippen LogP contribution in [0.25, 0.3) is 0 Å². The van der Waals surface area contributed by atoms with E-state index < -0.39 is 0 Å². The first-order valence-corrected chi connectivity index (χ1v) is 5.64. The molecule has 2 rings (SSSR count). The van der Waals surface area contributed by atoms with Gasteiger partial charge in [-0.25, -0.2) is 0 Å². The van der Waals surface area contributed by atoms with Crippen LogP contribution in [0.5, 0.6) is 11.6 Å². The van der Waals surface area contributed by atoms with Gasteiger partial charge in [-0.1, -0.05) is 23.7 Å². The van der Waals surface area contributed by atoms with Crippen LogP contribution in [0.2, 0.25) is 10.4 Å². The first-order valence-electron chi connectivity index (χ1n) is 4.88. The molecule has 2 aromatic rings. The molecule has 0 unspecified atom stereocenters. The minimum atomic E-state index is -0.0458. The maximum atomic E-state index is 8.55. The highest BCUT2D eigenvalue weighted by molar-refractivity contribution is 6.31. The third-order valence-electron chi connectivity index (χ3n) is 2.01. The first kappa shape index (κ1) is 12.6. The minimum absolute atomic E-state index is 0.0282. The Kier molecular flexibility index (Phi) is 3.92. The van der Waals surface area contributed by atoms with Crippen molar-refractivity contribution in [3.8, 4) is 17.7 Å². The lowest BCUT2D eigenvalue weighted by Gasteiger charge is -2.05. The molecule has 0 radical (unpaired) electrons. The van der Waals surface area contributed by atoms with Gasteiger partial charge >= 0.3 is 0 Å². The van der Waals surface area contributed by atoms with Crippen LogP contribution in [0.3, 0.4) is 0 Å². The molecule has 0 atom stereocenters. The fourth-order valence-corrected chi connectivity index (χ4v) is 1.46. The number of benzene rings is 1. The van der Waals surface area contributed by atoms with Gasteiger partial charge in [0.05, 0.1) is 12.5 Å². The van der Waals surface area contributed by atoms with Crippen molar-refractivity contribution in [2.24, 2.45) is 0 Å². The van der Waals surface area contributed by atoms with E-state index in [0.717, 1.165) is 5.56 Å². The Morgan fingerprint density at radius 2 is 1.89 bits per heavy atom. The minimum Gasteiger partial charge on any atom is -0.436 e. The smallest absolute Gasteiger partial charge is 0.262 e. The molecular weight excluding hydrogens is 275 g/mol. The molecule has 0 spiro atoms. The number of ether oxygens (including phenoxy) is 1. The largest absolute Gasteiger partial charge is 0.436 e. The Morgan fingerprint density at radius 1 is 1.17 bits per heavy atom. The summed E-state index contributed by atoms with van der Waals surface area (Å²) < 4.78 is 5.41. The molecule has 0 amide bonds. The summed E-state index contributed by atoms with van der Waals surface area (Å²) in [6, 6.07) is 9.04. The van der Waals surface area contributed by atoms with Gasteiger partial charge in [-0.2, -0.15) is 10.2 Å². The quantitative estimate of drug-likeness (QED) is 0.864. The molecule has 0 bridgehead atoms. The highest BCUT2D eigenvalue weighted by atomic mass is 35.5. The van der Waals surface area contributed by atoms with Gasteiger partial charge in [0.15, 0.2) is 0 Å². The van der Waals surface area contributed by atoms with Crippen molar-refractivity contribution in [1.82, 2.24) is 15.2 Å². The summed E-state index contributed by atoms with van der Waals surface area (Å²) >= 11 is 11.4. The van der Waals surface area contributed by atoms with E-state index in [0.29, 0.717) is 12.2 Å². The third-order valence-corrected chi connectivity index (χ3v) is 2.41. The highest BCUT2D eigenvalue weighted by Crippen LogP contribution is 2.25. The normalized spacial score (nSPS) is 9.83. The second kappa shape index (κ2) is 5.63. The molecule has 1 heterocycles. The molecule has 0 saturated carbocycles. The molecule has 0 aliphatic carbocycles. The van der Waals surface area contributed by atoms with E-state index in [1.165, 1.54) is 0 Å². The molecule has 0 aliphatic heterocycles. The number of rotatable bonds is 3. The summed E-state index contributed by atoms with van der Waals surface area (Å²) in [6.07, 6.45) is 0.349. The van der Waals surface area contributed by atoms with Crippen molar-refractivity contribution in [3.05, 3.63) is 40.3 Å². The molecule has 7 heteroatoms. The van der Waals surface area contributed by atoms with E-state index in [9.17, 15) is 0 Å². The van der Waals surface area contributed by atoms with E-state index in [2.05, 4.69) is 21.3 Å². The van der Waals surface area contributed by atoms with Crippen LogP contribution in [-0.2, 0) is 6.42 Å². The Labute approximate surface area is 113 Å². The second-order valence-electron chi connectivity index (χ2n) is 3.26. The van der Waals surface area contributed by atoms with Crippen LogP contribution in [0, 0.1) is 11.3 Å².